The summed E-state index contributed by atoms with van der Waals surface area (Å²) >= 11 is 1.67. The fourth-order valence-electron chi connectivity index (χ4n) is 6.91. The van der Waals surface area contributed by atoms with Crippen LogP contribution in [0.1, 0.15) is 39.0 Å². The van der Waals surface area contributed by atoms with E-state index in [1.165, 1.54) is 0 Å². The second-order valence-electron chi connectivity index (χ2n) is 11.1. The van der Waals surface area contributed by atoms with Crippen molar-refractivity contribution in [3.8, 4) is 0 Å². The highest BCUT2D eigenvalue weighted by Crippen LogP contribution is 2.68. The first-order chi connectivity index (χ1) is 18.9. The molecule has 9 nitrogen and oxygen atoms in total. The minimum absolute atomic E-state index is 0.0306. The maximum absolute atomic E-state index is 14.4. The zero-order valence-corrected chi connectivity index (χ0v) is 24.1. The molecular weight excluding hydrogens is 518 g/mol. The first-order valence-electron chi connectivity index (χ1n) is 14.5. The molecule has 0 aromatic rings. The lowest BCUT2D eigenvalue weighted by molar-refractivity contribution is -0.154. The van der Waals surface area contributed by atoms with Gasteiger partial charge in [-0.15, -0.1) is 24.9 Å². The number of morpholine rings is 1. The Balaban J connectivity index is 1.60. The lowest BCUT2D eigenvalue weighted by atomic mass is 9.66. The number of unbranched alkanes of at least 4 members (excludes halogenated alkanes) is 2. The van der Waals surface area contributed by atoms with Crippen molar-refractivity contribution in [3.05, 3.63) is 25.3 Å². The van der Waals surface area contributed by atoms with Gasteiger partial charge in [0.05, 0.1) is 36.4 Å². The van der Waals surface area contributed by atoms with Crippen LogP contribution < -0.4 is 0 Å². The Kier molecular flexibility index (Phi) is 10.5. The number of allylic oxidation sites excluding steroid dienone is 1. The third-order valence-corrected chi connectivity index (χ3v) is 10.9. The minimum atomic E-state index is -0.665. The van der Waals surface area contributed by atoms with Crippen molar-refractivity contribution in [1.82, 2.24) is 14.7 Å². The molecule has 10 heteroatoms. The number of hydrogen-bond acceptors (Lipinski definition) is 8. The number of hydrogen-bond donors (Lipinski definition) is 1. The van der Waals surface area contributed by atoms with Gasteiger partial charge in [-0.2, -0.15) is 0 Å². The van der Waals surface area contributed by atoms with Gasteiger partial charge >= 0.3 is 5.97 Å². The van der Waals surface area contributed by atoms with Gasteiger partial charge in [0.25, 0.3) is 0 Å². The Morgan fingerprint density at radius 1 is 1.21 bits per heavy atom. The Labute approximate surface area is 236 Å². The Morgan fingerprint density at radius 2 is 1.97 bits per heavy atom. The zero-order chi connectivity index (χ0) is 28.0. The summed E-state index contributed by atoms with van der Waals surface area (Å²) in [5.74, 6) is -1.51. The van der Waals surface area contributed by atoms with Gasteiger partial charge in [0, 0.05) is 51.1 Å². The maximum Gasteiger partial charge on any atom is 0.310 e. The smallest absolute Gasteiger partial charge is 0.310 e. The molecule has 0 aromatic heterocycles. The van der Waals surface area contributed by atoms with Crippen LogP contribution in [0.5, 0.6) is 0 Å². The molecule has 3 unspecified atom stereocenters. The van der Waals surface area contributed by atoms with Gasteiger partial charge in [0.1, 0.15) is 6.04 Å². The van der Waals surface area contributed by atoms with Crippen molar-refractivity contribution in [1.29, 1.82) is 0 Å². The zero-order valence-electron chi connectivity index (χ0n) is 23.3. The number of carbonyl (C=O) groups excluding carboxylic acids is 3. The Bertz CT molecular complexity index is 911. The van der Waals surface area contributed by atoms with Crippen molar-refractivity contribution >= 4 is 29.5 Å². The lowest BCUT2D eigenvalue weighted by Gasteiger charge is -2.41. The van der Waals surface area contributed by atoms with Crippen LogP contribution in [0.15, 0.2) is 25.3 Å². The van der Waals surface area contributed by atoms with Gasteiger partial charge in [-0.1, -0.05) is 19.1 Å². The van der Waals surface area contributed by atoms with Crippen molar-refractivity contribution < 1.29 is 29.0 Å². The van der Waals surface area contributed by atoms with Crippen LogP contribution in [0.2, 0.25) is 0 Å². The summed E-state index contributed by atoms with van der Waals surface area (Å²) < 4.78 is 10.5. The molecule has 4 aliphatic heterocycles. The summed E-state index contributed by atoms with van der Waals surface area (Å²) in [6.45, 7) is 15.2. The SMILES string of the molecule is C=CCCCOC(=O)[C@@H]1[C@H]2C(=O)N(CCCCO)C(C(=O)N(CC=C)CCN3CCOCC3)C23S[C@@H]1CC3C. The molecule has 0 saturated carbocycles. The second-order valence-corrected chi connectivity index (χ2v) is 12.7. The first kappa shape index (κ1) is 30.1. The number of rotatable bonds is 15. The number of aliphatic hydroxyl groups is 1. The van der Waals surface area contributed by atoms with Crippen LogP contribution in [0.3, 0.4) is 0 Å². The standard InChI is InChI=1S/C29H45N3O6S/c1-4-6-9-17-38-28(36)23-22-20-21(3)29(39-22)24(23)26(34)32(11-7-8-16-33)25(29)27(35)31(10-5-2)13-12-30-14-18-37-19-15-30/h4-5,21-25,33H,1-2,6-20H2,3H3/t21?,22-,23+,24+,25?,29?/m1/s1. The largest absolute Gasteiger partial charge is 0.465 e. The van der Waals surface area contributed by atoms with Crippen LogP contribution in [-0.2, 0) is 23.9 Å². The number of fused-ring (bicyclic) bond motifs is 1. The van der Waals surface area contributed by atoms with Crippen molar-refractivity contribution in [2.75, 3.05) is 65.7 Å². The molecule has 1 spiro atoms. The van der Waals surface area contributed by atoms with Crippen molar-refractivity contribution in [2.24, 2.45) is 17.8 Å². The molecule has 4 aliphatic rings. The van der Waals surface area contributed by atoms with E-state index in [1.54, 1.807) is 28.8 Å². The second kappa shape index (κ2) is 13.7. The number of likely N-dealkylation sites (tertiary alicyclic amines) is 1. The van der Waals surface area contributed by atoms with Gasteiger partial charge < -0.3 is 24.4 Å². The molecule has 0 aromatic carbocycles. The molecule has 39 heavy (non-hydrogen) atoms. The minimum Gasteiger partial charge on any atom is -0.465 e. The quantitative estimate of drug-likeness (QED) is 0.183. The predicted octanol–water partition coefficient (Wildman–Crippen LogP) is 1.95. The average molecular weight is 564 g/mol. The van der Waals surface area contributed by atoms with E-state index in [9.17, 15) is 19.5 Å². The molecule has 2 bridgehead atoms. The fraction of sp³-hybridized carbons (Fsp3) is 0.759. The summed E-state index contributed by atoms with van der Waals surface area (Å²) in [7, 11) is 0. The fourth-order valence-corrected chi connectivity index (χ4v) is 9.31. The normalized spacial score (nSPS) is 31.8. The molecule has 4 fully saturated rings. The maximum atomic E-state index is 14.4. The lowest BCUT2D eigenvalue weighted by Crippen LogP contribution is -2.58. The van der Waals surface area contributed by atoms with E-state index in [1.807, 2.05) is 4.90 Å². The molecule has 0 radical (unpaired) electrons. The van der Waals surface area contributed by atoms with Gasteiger partial charge in [0.2, 0.25) is 11.8 Å². The highest BCUT2D eigenvalue weighted by Gasteiger charge is 2.76. The molecule has 6 atom stereocenters. The van der Waals surface area contributed by atoms with E-state index >= 15 is 0 Å². The van der Waals surface area contributed by atoms with E-state index in [0.29, 0.717) is 58.7 Å². The van der Waals surface area contributed by atoms with Gasteiger partial charge in [-0.25, -0.2) is 0 Å². The van der Waals surface area contributed by atoms with Crippen LogP contribution >= 0.6 is 11.8 Å². The van der Waals surface area contributed by atoms with Crippen molar-refractivity contribution in [2.45, 2.75) is 55.1 Å². The third-order valence-electron chi connectivity index (χ3n) is 8.81. The first-order valence-corrected chi connectivity index (χ1v) is 15.3. The number of carbonyl (C=O) groups is 3. The monoisotopic (exact) mass is 563 g/mol. The highest BCUT2D eigenvalue weighted by molar-refractivity contribution is 8.02. The molecular formula is C29H45N3O6S. The van der Waals surface area contributed by atoms with E-state index in [-0.39, 0.29) is 35.6 Å². The summed E-state index contributed by atoms with van der Waals surface area (Å²) in [5.41, 5.74) is 0. The molecule has 2 amide bonds. The molecule has 218 valence electrons. The number of amides is 2. The van der Waals surface area contributed by atoms with Crippen molar-refractivity contribution in [3.63, 3.8) is 0 Å². The van der Waals surface area contributed by atoms with Gasteiger partial charge in [-0.05, 0) is 38.0 Å². The van der Waals surface area contributed by atoms with Crippen LogP contribution in [0.4, 0.5) is 0 Å². The summed E-state index contributed by atoms with van der Waals surface area (Å²) in [4.78, 5) is 47.8. The van der Waals surface area contributed by atoms with Crippen LogP contribution in [0.25, 0.3) is 0 Å². The number of esters is 1. The number of aliphatic hydroxyl groups excluding tert-OH is 1. The molecule has 4 saturated heterocycles. The molecule has 1 N–H and O–H groups in total. The molecule has 0 aliphatic carbocycles. The van der Waals surface area contributed by atoms with Gasteiger partial charge in [0.15, 0.2) is 0 Å². The van der Waals surface area contributed by atoms with E-state index < -0.39 is 22.6 Å². The summed E-state index contributed by atoms with van der Waals surface area (Å²) in [6.07, 6.45) is 6.94. The highest BCUT2D eigenvalue weighted by atomic mass is 32.2. The van der Waals surface area contributed by atoms with E-state index in [0.717, 1.165) is 32.5 Å². The molecule has 4 rings (SSSR count). The Hall–Kier alpha value is -1.88. The summed E-state index contributed by atoms with van der Waals surface area (Å²) in [5, 5.41) is 9.37. The number of ether oxygens (including phenoxy) is 2. The van der Waals surface area contributed by atoms with Crippen LogP contribution in [0, 0.1) is 17.8 Å². The number of nitrogens with zero attached hydrogens (tertiary/aromatic N) is 3. The topological polar surface area (TPSA) is 99.6 Å². The average Bonchev–Trinajstić information content (AvgIpc) is 3.53. The third kappa shape index (κ3) is 5.94. The van der Waals surface area contributed by atoms with E-state index in [2.05, 4.69) is 25.0 Å². The molecule has 4 heterocycles. The predicted molar refractivity (Wildman–Crippen MR) is 151 cm³/mol. The number of thioether (sulfide) groups is 1. The van der Waals surface area contributed by atoms with Gasteiger partial charge in [-0.3, -0.25) is 19.3 Å². The Morgan fingerprint density at radius 3 is 2.67 bits per heavy atom. The van der Waals surface area contributed by atoms with Crippen LogP contribution in [-0.4, -0.2) is 119 Å². The summed E-state index contributed by atoms with van der Waals surface area (Å²) in [6, 6.07) is -0.651. The van der Waals surface area contributed by atoms with E-state index in [4.69, 9.17) is 9.47 Å².